The van der Waals surface area contributed by atoms with Crippen molar-refractivity contribution in [3.8, 4) is 0 Å². The minimum atomic E-state index is 1.09. The fourth-order valence-corrected chi connectivity index (χ4v) is 2.21. The molecular weight excluding hydrogens is 216 g/mol. The molecule has 2 nitrogen and oxygen atoms in total. The normalized spacial score (nSPS) is 18.4. The maximum absolute atomic E-state index is 3.90. The predicted octanol–water partition coefficient (Wildman–Crippen LogP) is 2.92. The zero-order valence-corrected chi connectivity index (χ0v) is 11.4. The minimum absolute atomic E-state index is 1.09. The van der Waals surface area contributed by atoms with Gasteiger partial charge in [0.2, 0.25) is 0 Å². The summed E-state index contributed by atoms with van der Waals surface area (Å²) in [7, 11) is 0. The lowest BCUT2D eigenvalue weighted by Gasteiger charge is -2.35. The SMILES string of the molecule is C=C/C(=C\C=C(C)C)N1CCN(SC)CC1. The zero-order valence-electron chi connectivity index (χ0n) is 10.6. The van der Waals surface area contributed by atoms with Crippen LogP contribution in [-0.2, 0) is 0 Å². The first kappa shape index (κ1) is 13.4. The molecule has 1 rings (SSSR count). The highest BCUT2D eigenvalue weighted by atomic mass is 32.2. The molecule has 0 saturated carbocycles. The second-order valence-corrected chi connectivity index (χ2v) is 5.02. The van der Waals surface area contributed by atoms with E-state index in [1.165, 1.54) is 11.3 Å². The number of hydrogen-bond donors (Lipinski definition) is 0. The Bertz CT molecular complexity index is 282. The van der Waals surface area contributed by atoms with E-state index < -0.39 is 0 Å². The van der Waals surface area contributed by atoms with Gasteiger partial charge in [0.05, 0.1) is 0 Å². The number of allylic oxidation sites excluding steroid dienone is 4. The van der Waals surface area contributed by atoms with E-state index in [0.29, 0.717) is 0 Å². The number of nitrogens with zero attached hydrogens (tertiary/aromatic N) is 2. The Labute approximate surface area is 104 Å². The zero-order chi connectivity index (χ0) is 12.0. The molecule has 0 atom stereocenters. The van der Waals surface area contributed by atoms with Gasteiger partial charge in [-0.3, -0.25) is 0 Å². The summed E-state index contributed by atoms with van der Waals surface area (Å²) in [5, 5.41) is 0. The van der Waals surface area contributed by atoms with E-state index in [2.05, 4.69) is 48.0 Å². The average Bonchev–Trinajstić information content (AvgIpc) is 2.30. The summed E-state index contributed by atoms with van der Waals surface area (Å²) in [6.45, 7) is 12.6. The van der Waals surface area contributed by atoms with Gasteiger partial charge in [-0.1, -0.05) is 30.2 Å². The Morgan fingerprint density at radius 2 is 1.75 bits per heavy atom. The summed E-state index contributed by atoms with van der Waals surface area (Å²) in [6, 6.07) is 0. The largest absolute Gasteiger partial charge is 0.369 e. The van der Waals surface area contributed by atoms with Crippen LogP contribution in [0.25, 0.3) is 0 Å². The summed E-state index contributed by atoms with van der Waals surface area (Å²) >= 11 is 1.83. The summed E-state index contributed by atoms with van der Waals surface area (Å²) in [6.07, 6.45) is 8.41. The molecule has 0 amide bonds. The Kier molecular flexibility index (Phi) is 5.71. The van der Waals surface area contributed by atoms with E-state index in [-0.39, 0.29) is 0 Å². The number of piperazine rings is 1. The van der Waals surface area contributed by atoms with Gasteiger partial charge in [-0.2, -0.15) is 0 Å². The van der Waals surface area contributed by atoms with Crippen LogP contribution in [0.4, 0.5) is 0 Å². The van der Waals surface area contributed by atoms with Crippen LogP contribution in [0, 0.1) is 0 Å². The minimum Gasteiger partial charge on any atom is -0.369 e. The van der Waals surface area contributed by atoms with Crippen LogP contribution in [0.2, 0.25) is 0 Å². The van der Waals surface area contributed by atoms with E-state index in [1.54, 1.807) is 0 Å². The summed E-state index contributed by atoms with van der Waals surface area (Å²) in [4.78, 5) is 2.40. The van der Waals surface area contributed by atoms with Crippen LogP contribution in [0.3, 0.4) is 0 Å². The molecule has 90 valence electrons. The summed E-state index contributed by atoms with van der Waals surface area (Å²) in [5.41, 5.74) is 2.56. The van der Waals surface area contributed by atoms with Crippen LogP contribution < -0.4 is 0 Å². The molecule has 1 heterocycles. The van der Waals surface area contributed by atoms with Crippen molar-refractivity contribution in [3.05, 3.63) is 36.1 Å². The van der Waals surface area contributed by atoms with Gasteiger partial charge in [0.15, 0.2) is 0 Å². The van der Waals surface area contributed by atoms with Crippen LogP contribution >= 0.6 is 11.9 Å². The molecule has 1 saturated heterocycles. The molecule has 0 radical (unpaired) electrons. The molecule has 0 aromatic heterocycles. The fourth-order valence-electron chi connectivity index (χ4n) is 1.68. The molecule has 0 aromatic carbocycles. The van der Waals surface area contributed by atoms with E-state index in [9.17, 15) is 0 Å². The smallest absolute Gasteiger partial charge is 0.0361 e. The van der Waals surface area contributed by atoms with Crippen LogP contribution in [0.15, 0.2) is 36.1 Å². The molecule has 0 aliphatic carbocycles. The molecular formula is C13H22N2S. The molecule has 1 aliphatic rings. The van der Waals surface area contributed by atoms with E-state index in [0.717, 1.165) is 26.2 Å². The van der Waals surface area contributed by atoms with Crippen molar-refractivity contribution >= 4 is 11.9 Å². The predicted molar refractivity (Wildman–Crippen MR) is 74.4 cm³/mol. The topological polar surface area (TPSA) is 6.48 Å². The molecule has 0 aromatic rings. The Balaban J connectivity index is 2.59. The third-order valence-corrected chi connectivity index (χ3v) is 3.54. The van der Waals surface area contributed by atoms with Crippen molar-refractivity contribution < 1.29 is 0 Å². The van der Waals surface area contributed by atoms with Crippen LogP contribution in [0.1, 0.15) is 13.8 Å². The quantitative estimate of drug-likeness (QED) is 0.549. The van der Waals surface area contributed by atoms with Crippen molar-refractivity contribution in [2.75, 3.05) is 32.4 Å². The third-order valence-electron chi connectivity index (χ3n) is 2.66. The molecule has 0 spiro atoms. The van der Waals surface area contributed by atoms with Gasteiger partial charge >= 0.3 is 0 Å². The molecule has 0 bridgehead atoms. The van der Waals surface area contributed by atoms with Gasteiger partial charge in [-0.05, 0) is 32.3 Å². The van der Waals surface area contributed by atoms with Crippen molar-refractivity contribution in [1.82, 2.24) is 9.21 Å². The first-order chi connectivity index (χ1) is 7.67. The third kappa shape index (κ3) is 4.06. The Morgan fingerprint density at radius 3 is 2.19 bits per heavy atom. The Hall–Kier alpha value is -0.670. The lowest BCUT2D eigenvalue weighted by Crippen LogP contribution is -2.42. The highest BCUT2D eigenvalue weighted by Gasteiger charge is 2.16. The molecule has 3 heteroatoms. The maximum atomic E-state index is 3.90. The van der Waals surface area contributed by atoms with Crippen molar-refractivity contribution in [1.29, 1.82) is 0 Å². The van der Waals surface area contributed by atoms with Crippen molar-refractivity contribution in [2.45, 2.75) is 13.8 Å². The number of hydrogen-bond acceptors (Lipinski definition) is 3. The lowest BCUT2D eigenvalue weighted by molar-refractivity contribution is 0.246. The van der Waals surface area contributed by atoms with Crippen LogP contribution in [-0.4, -0.2) is 41.6 Å². The number of rotatable bonds is 4. The maximum Gasteiger partial charge on any atom is 0.0361 e. The second kappa shape index (κ2) is 6.81. The average molecular weight is 238 g/mol. The fraction of sp³-hybridized carbons (Fsp3) is 0.538. The Morgan fingerprint density at radius 1 is 1.12 bits per heavy atom. The van der Waals surface area contributed by atoms with Gasteiger partial charge < -0.3 is 4.90 Å². The molecule has 16 heavy (non-hydrogen) atoms. The second-order valence-electron chi connectivity index (χ2n) is 4.14. The van der Waals surface area contributed by atoms with Gasteiger partial charge in [-0.25, -0.2) is 4.31 Å². The van der Waals surface area contributed by atoms with Gasteiger partial charge in [0.1, 0.15) is 0 Å². The molecule has 0 unspecified atom stereocenters. The summed E-state index contributed by atoms with van der Waals surface area (Å²) < 4.78 is 2.40. The standard InChI is InChI=1S/C13H22N2S/c1-5-13(7-6-12(2)3)14-8-10-15(16-4)11-9-14/h5-7H,1,8-11H2,2-4H3/b13-7+. The molecule has 1 aliphatic heterocycles. The first-order valence-electron chi connectivity index (χ1n) is 5.69. The molecule has 0 N–H and O–H groups in total. The molecule has 1 fully saturated rings. The van der Waals surface area contributed by atoms with Gasteiger partial charge in [0, 0.05) is 31.9 Å². The van der Waals surface area contributed by atoms with E-state index in [4.69, 9.17) is 0 Å². The lowest BCUT2D eigenvalue weighted by atomic mass is 10.2. The van der Waals surface area contributed by atoms with Gasteiger partial charge in [0.25, 0.3) is 0 Å². The monoisotopic (exact) mass is 238 g/mol. The highest BCUT2D eigenvalue weighted by Crippen LogP contribution is 2.15. The van der Waals surface area contributed by atoms with E-state index >= 15 is 0 Å². The van der Waals surface area contributed by atoms with Gasteiger partial charge in [-0.15, -0.1) is 0 Å². The van der Waals surface area contributed by atoms with Crippen molar-refractivity contribution in [2.24, 2.45) is 0 Å². The summed E-state index contributed by atoms with van der Waals surface area (Å²) in [5.74, 6) is 0. The highest BCUT2D eigenvalue weighted by molar-refractivity contribution is 7.96. The van der Waals surface area contributed by atoms with E-state index in [1.807, 2.05) is 18.0 Å². The van der Waals surface area contributed by atoms with Crippen LogP contribution in [0.5, 0.6) is 0 Å². The van der Waals surface area contributed by atoms with Crippen molar-refractivity contribution in [3.63, 3.8) is 0 Å². The first-order valence-corrected chi connectivity index (χ1v) is 6.87.